The van der Waals surface area contributed by atoms with Crippen LogP contribution in [0.2, 0.25) is 5.02 Å². The molecule has 7 heteroatoms. The summed E-state index contributed by atoms with van der Waals surface area (Å²) >= 11 is 5.90. The molecule has 0 radical (unpaired) electrons. The summed E-state index contributed by atoms with van der Waals surface area (Å²) in [6.07, 6.45) is 1.51. The summed E-state index contributed by atoms with van der Waals surface area (Å²) in [6.45, 7) is -0.390. The zero-order valence-corrected chi connectivity index (χ0v) is 12.5. The molecule has 0 saturated heterocycles. The molecule has 3 aromatic rings. The molecule has 0 unspecified atom stereocenters. The molecule has 1 heterocycles. The van der Waals surface area contributed by atoms with E-state index >= 15 is 0 Å². The van der Waals surface area contributed by atoms with Crippen molar-refractivity contribution in [2.45, 2.75) is 0 Å². The predicted molar refractivity (Wildman–Crippen MR) is 84.2 cm³/mol. The van der Waals surface area contributed by atoms with Gasteiger partial charge >= 0.3 is 5.97 Å². The van der Waals surface area contributed by atoms with E-state index in [4.69, 9.17) is 26.2 Å². The van der Waals surface area contributed by atoms with Gasteiger partial charge in [0.05, 0.1) is 17.2 Å². The quantitative estimate of drug-likeness (QED) is 0.770. The van der Waals surface area contributed by atoms with Gasteiger partial charge in [0.2, 0.25) is 5.88 Å². The molecule has 0 bridgehead atoms. The zero-order chi connectivity index (χ0) is 16.2. The SMILES string of the molecule is O=C(O)COc1ccc(Oc2cnc3cc(Cl)ccc3n2)cc1. The van der Waals surface area contributed by atoms with Gasteiger partial charge in [-0.1, -0.05) is 11.6 Å². The number of carboxylic acid groups (broad SMARTS) is 1. The van der Waals surface area contributed by atoms with E-state index in [-0.39, 0.29) is 6.61 Å². The fourth-order valence-corrected chi connectivity index (χ4v) is 2.05. The van der Waals surface area contributed by atoms with Crippen molar-refractivity contribution in [3.8, 4) is 17.4 Å². The molecular formula is C16H11ClN2O4. The minimum Gasteiger partial charge on any atom is -0.482 e. The van der Waals surface area contributed by atoms with Crippen LogP contribution in [0, 0.1) is 0 Å². The number of benzene rings is 2. The van der Waals surface area contributed by atoms with Crippen LogP contribution < -0.4 is 9.47 Å². The van der Waals surface area contributed by atoms with E-state index < -0.39 is 5.97 Å². The Kier molecular flexibility index (Phi) is 4.25. The number of carboxylic acids is 1. The summed E-state index contributed by atoms with van der Waals surface area (Å²) in [5.41, 5.74) is 1.36. The maximum atomic E-state index is 10.4. The molecule has 1 N–H and O–H groups in total. The Hall–Kier alpha value is -2.86. The number of carbonyl (C=O) groups is 1. The zero-order valence-electron chi connectivity index (χ0n) is 11.8. The second-order valence-electron chi connectivity index (χ2n) is 4.60. The highest BCUT2D eigenvalue weighted by Gasteiger charge is 2.04. The summed E-state index contributed by atoms with van der Waals surface area (Å²) in [7, 11) is 0. The lowest BCUT2D eigenvalue weighted by Gasteiger charge is -2.07. The van der Waals surface area contributed by atoms with Crippen LogP contribution in [-0.4, -0.2) is 27.7 Å². The van der Waals surface area contributed by atoms with Crippen LogP contribution in [0.4, 0.5) is 0 Å². The van der Waals surface area contributed by atoms with E-state index in [0.29, 0.717) is 33.4 Å². The van der Waals surface area contributed by atoms with Crippen molar-refractivity contribution >= 4 is 28.6 Å². The molecule has 2 aromatic carbocycles. The van der Waals surface area contributed by atoms with Gasteiger partial charge in [-0.3, -0.25) is 0 Å². The standard InChI is InChI=1S/C16H11ClN2O4/c17-10-1-6-13-14(7-10)18-8-15(19-13)23-12-4-2-11(3-5-12)22-9-16(20)21/h1-8H,9H2,(H,20,21). The summed E-state index contributed by atoms with van der Waals surface area (Å²) in [4.78, 5) is 19.0. The van der Waals surface area contributed by atoms with Crippen molar-refractivity contribution in [2.24, 2.45) is 0 Å². The molecule has 0 aliphatic heterocycles. The first-order chi connectivity index (χ1) is 11.1. The third kappa shape index (κ3) is 3.87. The Bertz CT molecular complexity index is 852. The Balaban J connectivity index is 1.73. The molecule has 0 amide bonds. The van der Waals surface area contributed by atoms with E-state index in [2.05, 4.69) is 9.97 Å². The molecular weight excluding hydrogens is 320 g/mol. The number of fused-ring (bicyclic) bond motifs is 1. The topological polar surface area (TPSA) is 81.5 Å². The number of rotatable bonds is 5. The van der Waals surface area contributed by atoms with Gasteiger partial charge in [0.15, 0.2) is 6.61 Å². The van der Waals surface area contributed by atoms with Crippen molar-refractivity contribution in [1.29, 1.82) is 0 Å². The second-order valence-corrected chi connectivity index (χ2v) is 5.03. The molecule has 23 heavy (non-hydrogen) atoms. The molecule has 0 fully saturated rings. The molecule has 0 spiro atoms. The molecule has 116 valence electrons. The Morgan fingerprint density at radius 2 is 1.83 bits per heavy atom. The van der Waals surface area contributed by atoms with Gasteiger partial charge in [-0.25, -0.2) is 14.8 Å². The van der Waals surface area contributed by atoms with E-state index in [0.717, 1.165) is 0 Å². The third-order valence-corrected chi connectivity index (χ3v) is 3.13. The number of ether oxygens (including phenoxy) is 2. The monoisotopic (exact) mass is 330 g/mol. The van der Waals surface area contributed by atoms with Crippen molar-refractivity contribution in [2.75, 3.05) is 6.61 Å². The normalized spacial score (nSPS) is 10.5. The van der Waals surface area contributed by atoms with Crippen molar-refractivity contribution < 1.29 is 19.4 Å². The lowest BCUT2D eigenvalue weighted by molar-refractivity contribution is -0.139. The fraction of sp³-hybridized carbons (Fsp3) is 0.0625. The number of hydrogen-bond donors (Lipinski definition) is 1. The van der Waals surface area contributed by atoms with Crippen LogP contribution in [0.1, 0.15) is 0 Å². The number of nitrogens with zero attached hydrogens (tertiary/aromatic N) is 2. The van der Waals surface area contributed by atoms with Crippen molar-refractivity contribution in [3.63, 3.8) is 0 Å². The summed E-state index contributed by atoms with van der Waals surface area (Å²) in [5, 5.41) is 9.15. The first-order valence-electron chi connectivity index (χ1n) is 6.65. The maximum Gasteiger partial charge on any atom is 0.341 e. The molecule has 3 rings (SSSR count). The fourth-order valence-electron chi connectivity index (χ4n) is 1.89. The number of hydrogen-bond acceptors (Lipinski definition) is 5. The van der Waals surface area contributed by atoms with Crippen molar-refractivity contribution in [1.82, 2.24) is 9.97 Å². The highest BCUT2D eigenvalue weighted by molar-refractivity contribution is 6.31. The highest BCUT2D eigenvalue weighted by atomic mass is 35.5. The molecule has 0 atom stereocenters. The average Bonchev–Trinajstić information content (AvgIpc) is 2.54. The highest BCUT2D eigenvalue weighted by Crippen LogP contribution is 2.24. The first-order valence-corrected chi connectivity index (χ1v) is 7.03. The van der Waals surface area contributed by atoms with Gasteiger partial charge in [-0.2, -0.15) is 0 Å². The van der Waals surface area contributed by atoms with Gasteiger partial charge in [0.25, 0.3) is 0 Å². The van der Waals surface area contributed by atoms with Crippen molar-refractivity contribution in [3.05, 3.63) is 53.7 Å². The minimum atomic E-state index is -1.03. The van der Waals surface area contributed by atoms with E-state index in [9.17, 15) is 4.79 Å². The molecule has 0 aliphatic rings. The van der Waals surface area contributed by atoms with Crippen LogP contribution in [0.25, 0.3) is 11.0 Å². The first kappa shape index (κ1) is 15.1. The average molecular weight is 331 g/mol. The van der Waals surface area contributed by atoms with Gasteiger partial charge in [0.1, 0.15) is 11.5 Å². The lowest BCUT2D eigenvalue weighted by atomic mass is 10.3. The minimum absolute atomic E-state index is 0.346. The van der Waals surface area contributed by atoms with Crippen LogP contribution in [-0.2, 0) is 4.79 Å². The summed E-state index contributed by atoms with van der Waals surface area (Å²) < 4.78 is 10.7. The molecule has 0 aliphatic carbocycles. The van der Waals surface area contributed by atoms with E-state index in [1.165, 1.54) is 6.20 Å². The number of aliphatic carboxylic acids is 1. The summed E-state index contributed by atoms with van der Waals surface area (Å²) in [6, 6.07) is 11.8. The van der Waals surface area contributed by atoms with E-state index in [1.807, 2.05) is 0 Å². The third-order valence-electron chi connectivity index (χ3n) is 2.89. The molecule has 1 aromatic heterocycles. The van der Waals surface area contributed by atoms with Gasteiger partial charge < -0.3 is 14.6 Å². The van der Waals surface area contributed by atoms with Crippen LogP contribution in [0.5, 0.6) is 17.4 Å². The Morgan fingerprint density at radius 1 is 1.09 bits per heavy atom. The second kappa shape index (κ2) is 6.50. The van der Waals surface area contributed by atoms with Gasteiger partial charge in [0, 0.05) is 5.02 Å². The Labute approximate surface area is 136 Å². The number of halogens is 1. The Morgan fingerprint density at radius 3 is 2.57 bits per heavy atom. The number of aromatic nitrogens is 2. The lowest BCUT2D eigenvalue weighted by Crippen LogP contribution is -2.09. The van der Waals surface area contributed by atoms with Crippen LogP contribution in [0.15, 0.2) is 48.7 Å². The van der Waals surface area contributed by atoms with E-state index in [1.54, 1.807) is 42.5 Å². The predicted octanol–water partition coefficient (Wildman–Crippen LogP) is 3.54. The largest absolute Gasteiger partial charge is 0.482 e. The van der Waals surface area contributed by atoms with Gasteiger partial charge in [-0.15, -0.1) is 0 Å². The van der Waals surface area contributed by atoms with Crippen LogP contribution >= 0.6 is 11.6 Å². The smallest absolute Gasteiger partial charge is 0.341 e. The molecule has 0 saturated carbocycles. The molecule has 6 nitrogen and oxygen atoms in total. The maximum absolute atomic E-state index is 10.4. The van der Waals surface area contributed by atoms with Gasteiger partial charge in [-0.05, 0) is 42.5 Å². The summed E-state index contributed by atoms with van der Waals surface area (Å²) in [5.74, 6) is 0.296. The van der Waals surface area contributed by atoms with Crippen LogP contribution in [0.3, 0.4) is 0 Å².